The maximum atomic E-state index is 14.5. The molecule has 0 aliphatic carbocycles. The van der Waals surface area contributed by atoms with Gasteiger partial charge in [0.25, 0.3) is 5.91 Å². The lowest BCUT2D eigenvalue weighted by molar-refractivity contribution is 0.102. The molecule has 3 N–H and O–H groups in total. The lowest BCUT2D eigenvalue weighted by atomic mass is 9.89. The van der Waals surface area contributed by atoms with Crippen molar-refractivity contribution in [1.29, 1.82) is 0 Å². The highest BCUT2D eigenvalue weighted by Gasteiger charge is 2.32. The number of amidine groups is 1. The van der Waals surface area contributed by atoms with Crippen LogP contribution in [0.1, 0.15) is 29.4 Å². The van der Waals surface area contributed by atoms with E-state index in [1.165, 1.54) is 36.2 Å². The predicted octanol–water partition coefficient (Wildman–Crippen LogP) is 3.76. The summed E-state index contributed by atoms with van der Waals surface area (Å²) in [5.74, 6) is 6.07. The van der Waals surface area contributed by atoms with Crippen LogP contribution >= 0.6 is 23.4 Å². The minimum Gasteiger partial charge on any atom is -0.479 e. The third-order valence-electron chi connectivity index (χ3n) is 4.47. The van der Waals surface area contributed by atoms with E-state index in [1.54, 1.807) is 12.1 Å². The average Bonchev–Trinajstić information content (AvgIpc) is 2.73. The van der Waals surface area contributed by atoms with Gasteiger partial charge in [0.15, 0.2) is 5.17 Å². The molecule has 156 valence electrons. The standard InChI is InChI=1S/C21H20ClFN4O2S/c1-21(8-11-30-20(24)27-21)16-12-14(4-6-17(16)23)26-19(28)18-7-5-15(13-25-18)29-10-3-2-9-22/h4-7,12-13H,8-11H2,1H3,(H2,24,27)(H,26,28)/t21-/m0/s1. The highest BCUT2D eigenvalue weighted by Crippen LogP contribution is 2.37. The second-order valence-electron chi connectivity index (χ2n) is 6.63. The van der Waals surface area contributed by atoms with E-state index in [1.807, 2.05) is 6.92 Å². The number of ether oxygens (including phenoxy) is 1. The number of alkyl halides is 1. The smallest absolute Gasteiger partial charge is 0.274 e. The molecule has 1 amide bonds. The number of nitrogens with zero attached hydrogens (tertiary/aromatic N) is 2. The molecule has 1 aliphatic heterocycles. The second-order valence-corrected chi connectivity index (χ2v) is 8.01. The molecule has 1 atom stereocenters. The Labute approximate surface area is 183 Å². The topological polar surface area (TPSA) is 89.6 Å². The van der Waals surface area contributed by atoms with Gasteiger partial charge in [-0.25, -0.2) is 9.37 Å². The first kappa shape index (κ1) is 21.9. The van der Waals surface area contributed by atoms with Crippen LogP contribution in [0.15, 0.2) is 41.5 Å². The lowest BCUT2D eigenvalue weighted by Crippen LogP contribution is -2.29. The molecule has 0 bridgehead atoms. The lowest BCUT2D eigenvalue weighted by Gasteiger charge is -2.30. The first-order valence-corrected chi connectivity index (χ1v) is 10.6. The Balaban J connectivity index is 1.72. The molecule has 1 aromatic carbocycles. The first-order valence-electron chi connectivity index (χ1n) is 9.11. The molecule has 9 heteroatoms. The SMILES string of the molecule is C[C@@]1(c2cc(NC(=O)c3ccc(OCC#CCCl)cn3)ccc2F)CCSC(N)=N1. The van der Waals surface area contributed by atoms with E-state index in [0.717, 1.165) is 5.75 Å². The monoisotopic (exact) mass is 446 g/mol. The number of rotatable bonds is 5. The van der Waals surface area contributed by atoms with Crippen molar-refractivity contribution in [2.24, 2.45) is 10.7 Å². The number of anilines is 1. The molecule has 6 nitrogen and oxygen atoms in total. The van der Waals surface area contributed by atoms with E-state index < -0.39 is 17.3 Å². The van der Waals surface area contributed by atoms with E-state index >= 15 is 0 Å². The zero-order valence-electron chi connectivity index (χ0n) is 16.2. The van der Waals surface area contributed by atoms with Gasteiger partial charge in [-0.05, 0) is 43.7 Å². The molecule has 0 spiro atoms. The number of pyridine rings is 1. The maximum Gasteiger partial charge on any atom is 0.274 e. The summed E-state index contributed by atoms with van der Waals surface area (Å²) in [5.41, 5.74) is 6.10. The Bertz CT molecular complexity index is 1020. The summed E-state index contributed by atoms with van der Waals surface area (Å²) in [6, 6.07) is 7.56. The van der Waals surface area contributed by atoms with Crippen molar-refractivity contribution >= 4 is 40.1 Å². The second kappa shape index (κ2) is 9.83. The van der Waals surface area contributed by atoms with Crippen LogP contribution in [0.2, 0.25) is 0 Å². The number of carbonyl (C=O) groups excluding carboxylic acids is 1. The third kappa shape index (κ3) is 5.43. The molecular weight excluding hydrogens is 427 g/mol. The summed E-state index contributed by atoms with van der Waals surface area (Å²) in [4.78, 5) is 21.1. The third-order valence-corrected chi connectivity index (χ3v) is 5.40. The largest absolute Gasteiger partial charge is 0.479 e. The minimum atomic E-state index is -0.774. The van der Waals surface area contributed by atoms with E-state index in [2.05, 4.69) is 27.1 Å². The number of amides is 1. The summed E-state index contributed by atoms with van der Waals surface area (Å²) in [6.07, 6.45) is 2.08. The van der Waals surface area contributed by atoms with Crippen molar-refractivity contribution < 1.29 is 13.9 Å². The van der Waals surface area contributed by atoms with Gasteiger partial charge in [0, 0.05) is 17.0 Å². The summed E-state index contributed by atoms with van der Waals surface area (Å²) in [7, 11) is 0. The quantitative estimate of drug-likeness (QED) is 0.539. The summed E-state index contributed by atoms with van der Waals surface area (Å²) < 4.78 is 19.9. The molecule has 0 radical (unpaired) electrons. The molecule has 30 heavy (non-hydrogen) atoms. The van der Waals surface area contributed by atoms with Crippen molar-refractivity contribution in [3.63, 3.8) is 0 Å². The number of nitrogens with two attached hydrogens (primary N) is 1. The van der Waals surface area contributed by atoms with Crippen LogP contribution in [0.3, 0.4) is 0 Å². The molecule has 2 aromatic rings. The van der Waals surface area contributed by atoms with Crippen LogP contribution in [0.25, 0.3) is 0 Å². The number of hydrogen-bond acceptors (Lipinski definition) is 6. The number of thioether (sulfide) groups is 1. The van der Waals surface area contributed by atoms with Crippen LogP contribution in [0, 0.1) is 17.7 Å². The molecule has 1 aromatic heterocycles. The Hall–Kier alpha value is -2.76. The summed E-state index contributed by atoms with van der Waals surface area (Å²) in [5, 5.41) is 3.17. The molecule has 0 fully saturated rings. The van der Waals surface area contributed by atoms with Crippen LogP contribution in [-0.4, -0.2) is 34.3 Å². The number of halogens is 2. The van der Waals surface area contributed by atoms with E-state index in [0.29, 0.717) is 28.6 Å². The van der Waals surface area contributed by atoms with E-state index in [-0.39, 0.29) is 18.2 Å². The molecule has 0 saturated heterocycles. The number of carbonyl (C=O) groups is 1. The molecule has 2 heterocycles. The molecule has 3 rings (SSSR count). The average molecular weight is 447 g/mol. The highest BCUT2D eigenvalue weighted by molar-refractivity contribution is 8.13. The van der Waals surface area contributed by atoms with Crippen molar-refractivity contribution in [1.82, 2.24) is 4.98 Å². The fourth-order valence-electron chi connectivity index (χ4n) is 2.91. The Morgan fingerprint density at radius 1 is 1.40 bits per heavy atom. The number of aliphatic imine (C=N–C) groups is 1. The van der Waals surface area contributed by atoms with E-state index in [4.69, 9.17) is 22.1 Å². The fourth-order valence-corrected chi connectivity index (χ4v) is 3.98. The van der Waals surface area contributed by atoms with Gasteiger partial charge in [-0.15, -0.1) is 11.6 Å². The van der Waals surface area contributed by atoms with Crippen molar-refractivity contribution in [3.8, 4) is 17.6 Å². The Kier molecular flexibility index (Phi) is 7.19. The molecule has 1 aliphatic rings. The van der Waals surface area contributed by atoms with Crippen molar-refractivity contribution in [2.45, 2.75) is 18.9 Å². The summed E-state index contributed by atoms with van der Waals surface area (Å²) >= 11 is 6.91. The van der Waals surface area contributed by atoms with Crippen molar-refractivity contribution in [2.75, 3.05) is 23.6 Å². The Morgan fingerprint density at radius 2 is 2.23 bits per heavy atom. The van der Waals surface area contributed by atoms with Crippen LogP contribution < -0.4 is 15.8 Å². The van der Waals surface area contributed by atoms with Gasteiger partial charge in [-0.2, -0.15) is 0 Å². The summed E-state index contributed by atoms with van der Waals surface area (Å²) in [6.45, 7) is 2.02. The van der Waals surface area contributed by atoms with E-state index in [9.17, 15) is 9.18 Å². The fraction of sp³-hybridized carbons (Fsp3) is 0.286. The minimum absolute atomic E-state index is 0.183. The highest BCUT2D eigenvalue weighted by atomic mass is 35.5. The van der Waals surface area contributed by atoms with Gasteiger partial charge < -0.3 is 15.8 Å². The Morgan fingerprint density at radius 3 is 2.93 bits per heavy atom. The zero-order chi connectivity index (χ0) is 21.6. The number of benzene rings is 1. The number of hydrogen-bond donors (Lipinski definition) is 2. The van der Waals surface area contributed by atoms with Crippen molar-refractivity contribution in [3.05, 3.63) is 53.6 Å². The first-order chi connectivity index (χ1) is 14.4. The van der Waals surface area contributed by atoms with Gasteiger partial charge in [0.1, 0.15) is 23.9 Å². The van der Waals surface area contributed by atoms with Gasteiger partial charge >= 0.3 is 0 Å². The van der Waals surface area contributed by atoms with Crippen LogP contribution in [0.4, 0.5) is 10.1 Å². The number of aromatic nitrogens is 1. The van der Waals surface area contributed by atoms with Gasteiger partial charge in [0.05, 0.1) is 17.6 Å². The zero-order valence-corrected chi connectivity index (χ0v) is 17.8. The van der Waals surface area contributed by atoms with Crippen LogP contribution in [0.5, 0.6) is 5.75 Å². The van der Waals surface area contributed by atoms with Gasteiger partial charge in [0.2, 0.25) is 0 Å². The molecular formula is C21H20ClFN4O2S. The molecule has 0 unspecified atom stereocenters. The van der Waals surface area contributed by atoms with Gasteiger partial charge in [-0.3, -0.25) is 9.79 Å². The molecule has 0 saturated carbocycles. The number of nitrogens with one attached hydrogen (secondary N) is 1. The normalized spacial score (nSPS) is 18.0. The van der Waals surface area contributed by atoms with Gasteiger partial charge in [-0.1, -0.05) is 23.6 Å². The maximum absolute atomic E-state index is 14.5. The van der Waals surface area contributed by atoms with Crippen LogP contribution in [-0.2, 0) is 5.54 Å². The predicted molar refractivity (Wildman–Crippen MR) is 119 cm³/mol.